The van der Waals surface area contributed by atoms with Crippen LogP contribution in [0, 0.1) is 5.41 Å². The second kappa shape index (κ2) is 9.35. The summed E-state index contributed by atoms with van der Waals surface area (Å²) < 4.78 is 10.6. The maximum absolute atomic E-state index is 11.1. The fourth-order valence-corrected chi connectivity index (χ4v) is 4.65. The van der Waals surface area contributed by atoms with Gasteiger partial charge in [-0.1, -0.05) is 26.0 Å². The van der Waals surface area contributed by atoms with Crippen LogP contribution in [0.2, 0.25) is 0 Å². The third-order valence-corrected chi connectivity index (χ3v) is 6.46. The lowest BCUT2D eigenvalue weighted by molar-refractivity contribution is -0.139. The van der Waals surface area contributed by atoms with Gasteiger partial charge in [0.1, 0.15) is 11.5 Å². The number of carboxylic acids is 1. The van der Waals surface area contributed by atoms with E-state index in [1.165, 1.54) is 15.3 Å². The first-order valence-electron chi connectivity index (χ1n) is 9.95. The van der Waals surface area contributed by atoms with Crippen molar-refractivity contribution in [2.45, 2.75) is 33.1 Å². The van der Waals surface area contributed by atoms with Crippen molar-refractivity contribution in [3.05, 3.63) is 59.5 Å². The van der Waals surface area contributed by atoms with Gasteiger partial charge in [0, 0.05) is 15.3 Å². The molecule has 2 aromatic carbocycles. The van der Waals surface area contributed by atoms with Crippen LogP contribution in [-0.2, 0) is 11.2 Å². The quantitative estimate of drug-likeness (QED) is 0.424. The zero-order valence-corrected chi connectivity index (χ0v) is 18.7. The molecule has 0 atom stereocenters. The van der Waals surface area contributed by atoms with Crippen LogP contribution < -0.4 is 9.47 Å². The maximum atomic E-state index is 11.1. The van der Waals surface area contributed by atoms with E-state index >= 15 is 0 Å². The van der Waals surface area contributed by atoms with Gasteiger partial charge in [-0.2, -0.15) is 0 Å². The molecule has 4 nitrogen and oxygen atoms in total. The Morgan fingerprint density at radius 3 is 1.97 bits per heavy atom. The molecule has 1 heterocycles. The summed E-state index contributed by atoms with van der Waals surface area (Å²) in [6.07, 6.45) is 1.85. The van der Waals surface area contributed by atoms with Gasteiger partial charge in [-0.15, -0.1) is 11.3 Å². The Labute approximate surface area is 182 Å². The summed E-state index contributed by atoms with van der Waals surface area (Å²) in [5.41, 5.74) is 3.21. The minimum atomic E-state index is -0.746. The average molecular weight is 425 g/mol. The molecule has 0 aliphatic rings. The lowest BCUT2D eigenvalue weighted by atomic mass is 9.84. The Hall–Kier alpha value is -2.79. The van der Waals surface area contributed by atoms with Crippen LogP contribution in [0.4, 0.5) is 0 Å². The highest BCUT2D eigenvalue weighted by Crippen LogP contribution is 2.41. The Morgan fingerprint density at radius 2 is 1.47 bits per heavy atom. The molecular formula is C25H28O4S. The van der Waals surface area contributed by atoms with Crippen LogP contribution in [0.1, 0.15) is 31.6 Å². The van der Waals surface area contributed by atoms with Crippen molar-refractivity contribution in [2.75, 3.05) is 14.2 Å². The van der Waals surface area contributed by atoms with E-state index in [-0.39, 0.29) is 11.8 Å². The molecule has 0 saturated carbocycles. The molecule has 0 bridgehead atoms. The molecule has 0 radical (unpaired) electrons. The van der Waals surface area contributed by atoms with E-state index in [0.717, 1.165) is 35.5 Å². The molecule has 0 fully saturated rings. The molecule has 158 valence electrons. The molecule has 0 unspecified atom stereocenters. The third-order valence-electron chi connectivity index (χ3n) is 5.21. The van der Waals surface area contributed by atoms with Crippen molar-refractivity contribution < 1.29 is 19.4 Å². The number of methoxy groups -OCH3 is 2. The summed E-state index contributed by atoms with van der Waals surface area (Å²) in [5.74, 6) is 0.914. The zero-order valence-electron chi connectivity index (χ0n) is 17.9. The number of rotatable bonds is 9. The molecule has 1 aromatic heterocycles. The molecular weight excluding hydrogens is 396 g/mol. The average Bonchev–Trinajstić information content (AvgIpc) is 3.16. The van der Waals surface area contributed by atoms with Crippen molar-refractivity contribution in [3.8, 4) is 33.1 Å². The molecule has 0 saturated heterocycles. The highest BCUT2D eigenvalue weighted by Gasteiger charge is 2.22. The van der Waals surface area contributed by atoms with Crippen LogP contribution >= 0.6 is 11.3 Å². The summed E-state index contributed by atoms with van der Waals surface area (Å²) in [5, 5.41) is 9.16. The topological polar surface area (TPSA) is 55.8 Å². The Kier molecular flexibility index (Phi) is 6.83. The summed E-state index contributed by atoms with van der Waals surface area (Å²) in [4.78, 5) is 13.6. The van der Waals surface area contributed by atoms with E-state index in [1.54, 1.807) is 25.6 Å². The van der Waals surface area contributed by atoms with E-state index in [1.807, 2.05) is 38.1 Å². The van der Waals surface area contributed by atoms with E-state index in [0.29, 0.717) is 0 Å². The van der Waals surface area contributed by atoms with Gasteiger partial charge in [-0.3, -0.25) is 4.79 Å². The zero-order chi connectivity index (χ0) is 21.7. The minimum absolute atomic E-state index is 0.176. The number of benzene rings is 2. The smallest absolute Gasteiger partial charge is 0.303 e. The number of aliphatic carboxylic acids is 1. The van der Waals surface area contributed by atoms with Gasteiger partial charge in [0.15, 0.2) is 0 Å². The first kappa shape index (κ1) is 21.9. The normalized spacial score (nSPS) is 11.3. The molecule has 1 N–H and O–H groups in total. The Morgan fingerprint density at radius 1 is 0.933 bits per heavy atom. The molecule has 30 heavy (non-hydrogen) atoms. The number of thiophene rings is 1. The highest BCUT2D eigenvalue weighted by atomic mass is 32.1. The fourth-order valence-electron chi connectivity index (χ4n) is 3.47. The van der Waals surface area contributed by atoms with Gasteiger partial charge in [0.2, 0.25) is 0 Å². The molecule has 0 aliphatic heterocycles. The second-order valence-corrected chi connectivity index (χ2v) is 9.28. The first-order valence-corrected chi connectivity index (χ1v) is 10.8. The van der Waals surface area contributed by atoms with Crippen LogP contribution in [0.3, 0.4) is 0 Å². The Balaban J connectivity index is 1.94. The molecule has 5 heteroatoms. The molecule has 0 amide bonds. The summed E-state index contributed by atoms with van der Waals surface area (Å²) >= 11 is 1.77. The van der Waals surface area contributed by atoms with Crippen LogP contribution in [0.15, 0.2) is 54.6 Å². The van der Waals surface area contributed by atoms with Crippen LogP contribution in [0.25, 0.3) is 21.6 Å². The van der Waals surface area contributed by atoms with Crippen molar-refractivity contribution in [2.24, 2.45) is 5.41 Å². The van der Waals surface area contributed by atoms with Crippen molar-refractivity contribution in [1.29, 1.82) is 0 Å². The first-order chi connectivity index (χ1) is 14.3. The maximum Gasteiger partial charge on any atom is 0.303 e. The highest BCUT2D eigenvalue weighted by molar-refractivity contribution is 7.16. The molecule has 0 aliphatic carbocycles. The van der Waals surface area contributed by atoms with E-state index in [2.05, 4.69) is 30.3 Å². The number of carboxylic acid groups (broad SMARTS) is 1. The second-order valence-electron chi connectivity index (χ2n) is 8.15. The predicted molar refractivity (Wildman–Crippen MR) is 123 cm³/mol. The number of hydrogen-bond acceptors (Lipinski definition) is 4. The number of ether oxygens (including phenoxy) is 2. The fraction of sp³-hybridized carbons (Fsp3) is 0.320. The summed E-state index contributed by atoms with van der Waals surface area (Å²) in [6, 6.07) is 18.4. The van der Waals surface area contributed by atoms with Crippen molar-refractivity contribution >= 4 is 17.3 Å². The predicted octanol–water partition coefficient (Wildman–Crippen LogP) is 6.53. The third kappa shape index (κ3) is 5.42. The van der Waals surface area contributed by atoms with E-state index in [9.17, 15) is 4.79 Å². The number of hydrogen-bond donors (Lipinski definition) is 1. The SMILES string of the molecule is COc1ccc(-c2cc(CCC(C)(C)CC(=O)O)sc2-c2ccc(OC)cc2)cc1. The van der Waals surface area contributed by atoms with Crippen LogP contribution in [0.5, 0.6) is 11.5 Å². The van der Waals surface area contributed by atoms with Crippen LogP contribution in [-0.4, -0.2) is 25.3 Å². The standard InChI is InChI=1S/C25H28O4S/c1-25(2,16-23(26)27)14-13-21-15-22(17-5-9-19(28-3)10-6-17)24(30-21)18-7-11-20(29-4)12-8-18/h5-12,15H,13-14,16H2,1-4H3,(H,26,27). The van der Waals surface area contributed by atoms with Crippen molar-refractivity contribution in [1.82, 2.24) is 0 Å². The van der Waals surface area contributed by atoms with Gasteiger partial charge in [-0.25, -0.2) is 0 Å². The summed E-state index contributed by atoms with van der Waals surface area (Å²) in [6.45, 7) is 4.03. The number of aryl methyl sites for hydroxylation is 1. The molecule has 0 spiro atoms. The molecule has 3 rings (SSSR count). The van der Waals surface area contributed by atoms with E-state index < -0.39 is 5.97 Å². The van der Waals surface area contributed by atoms with Gasteiger partial charge in [-0.05, 0) is 71.8 Å². The monoisotopic (exact) mass is 424 g/mol. The lowest BCUT2D eigenvalue weighted by Crippen LogP contribution is -2.17. The number of carbonyl (C=O) groups is 1. The van der Waals surface area contributed by atoms with Gasteiger partial charge in [0.25, 0.3) is 0 Å². The lowest BCUT2D eigenvalue weighted by Gasteiger charge is -2.21. The molecule has 3 aromatic rings. The van der Waals surface area contributed by atoms with Crippen molar-refractivity contribution in [3.63, 3.8) is 0 Å². The van der Waals surface area contributed by atoms with E-state index in [4.69, 9.17) is 14.6 Å². The summed E-state index contributed by atoms with van der Waals surface area (Å²) in [7, 11) is 3.33. The van der Waals surface area contributed by atoms with Gasteiger partial charge < -0.3 is 14.6 Å². The largest absolute Gasteiger partial charge is 0.497 e. The van der Waals surface area contributed by atoms with Gasteiger partial charge in [0.05, 0.1) is 20.6 Å². The minimum Gasteiger partial charge on any atom is -0.497 e. The van der Waals surface area contributed by atoms with Gasteiger partial charge >= 0.3 is 5.97 Å². The Bertz CT molecular complexity index is 920.